The molecule has 6 rings (SSSR count). The van der Waals surface area contributed by atoms with Gasteiger partial charge in [0.25, 0.3) is 5.56 Å². The first kappa shape index (κ1) is 24.3. The first-order valence-corrected chi connectivity index (χ1v) is 14.1. The van der Waals surface area contributed by atoms with Gasteiger partial charge in [0, 0.05) is 61.7 Å². The summed E-state index contributed by atoms with van der Waals surface area (Å²) in [5, 5.41) is 3.44. The number of hydrogen-bond donors (Lipinski definition) is 1. The molecule has 2 aliphatic heterocycles. The number of pyridine rings is 2. The van der Waals surface area contributed by atoms with E-state index < -0.39 is 27.5 Å². The van der Waals surface area contributed by atoms with Crippen molar-refractivity contribution in [3.63, 3.8) is 0 Å². The lowest BCUT2D eigenvalue weighted by atomic mass is 9.82. The fourth-order valence-electron chi connectivity index (χ4n) is 5.63. The normalized spacial score (nSPS) is 20.3. The Morgan fingerprint density at radius 1 is 1.16 bits per heavy atom. The van der Waals surface area contributed by atoms with Gasteiger partial charge in [0.2, 0.25) is 0 Å². The van der Waals surface area contributed by atoms with E-state index in [0.717, 1.165) is 23.6 Å². The number of aromatic nitrogens is 2. The molecule has 0 spiro atoms. The highest BCUT2D eigenvalue weighted by molar-refractivity contribution is 7.91. The lowest BCUT2D eigenvalue weighted by Crippen LogP contribution is -2.45. The van der Waals surface area contributed by atoms with Crippen LogP contribution in [0, 0.1) is 11.6 Å². The smallest absolute Gasteiger partial charge is 0.260 e. The standard InChI is InChI=1S/C28H24F2N4O3S/c1-33-10-8-19-17(15-38(2,36)37)11-16-14-34(23-7-6-18(29)12-21(23)30)27-20(22-5-3-4-9-31-22)13-32-26(24(16)27)25(19)28(33)35/h3-12,14,20,27,32H,13,15H2,1-2H3. The topological polar surface area (TPSA) is 84.3 Å². The lowest BCUT2D eigenvalue weighted by Gasteiger charge is -2.38. The molecular weight excluding hydrogens is 510 g/mol. The zero-order valence-electron chi connectivity index (χ0n) is 20.7. The summed E-state index contributed by atoms with van der Waals surface area (Å²) in [6.07, 6.45) is 7.97. The van der Waals surface area contributed by atoms with Crippen LogP contribution in [0.25, 0.3) is 11.3 Å². The molecule has 3 aromatic rings. The number of allylic oxidation sites excluding steroid dienone is 1. The van der Waals surface area contributed by atoms with Crippen molar-refractivity contribution < 1.29 is 17.2 Å². The number of sulfone groups is 1. The van der Waals surface area contributed by atoms with Crippen molar-refractivity contribution in [2.24, 2.45) is 7.05 Å². The van der Waals surface area contributed by atoms with Gasteiger partial charge < -0.3 is 14.8 Å². The van der Waals surface area contributed by atoms with Crippen molar-refractivity contribution in [3.05, 3.63) is 117 Å². The maximum atomic E-state index is 15.2. The van der Waals surface area contributed by atoms with Crippen LogP contribution < -0.4 is 15.8 Å². The van der Waals surface area contributed by atoms with Gasteiger partial charge in [-0.1, -0.05) is 6.07 Å². The number of aryl methyl sites for hydroxylation is 1. The summed E-state index contributed by atoms with van der Waals surface area (Å²) < 4.78 is 55.3. The second-order valence-corrected chi connectivity index (χ2v) is 12.0. The number of nitrogens with one attached hydrogen (secondary N) is 1. The Morgan fingerprint density at radius 2 is 1.97 bits per heavy atom. The van der Waals surface area contributed by atoms with Gasteiger partial charge in [0.05, 0.1) is 28.7 Å². The molecule has 4 heterocycles. The maximum absolute atomic E-state index is 15.2. The van der Waals surface area contributed by atoms with Crippen LogP contribution in [0.15, 0.2) is 83.1 Å². The van der Waals surface area contributed by atoms with E-state index in [4.69, 9.17) is 0 Å². The van der Waals surface area contributed by atoms with Gasteiger partial charge >= 0.3 is 0 Å². The third kappa shape index (κ3) is 3.96. The highest BCUT2D eigenvalue weighted by Gasteiger charge is 2.45. The van der Waals surface area contributed by atoms with Gasteiger partial charge in [-0.2, -0.15) is 0 Å². The van der Waals surface area contributed by atoms with Crippen LogP contribution in [0.5, 0.6) is 0 Å². The van der Waals surface area contributed by atoms with Gasteiger partial charge in [-0.05, 0) is 53.1 Å². The van der Waals surface area contributed by atoms with Gasteiger partial charge in [-0.3, -0.25) is 9.78 Å². The van der Waals surface area contributed by atoms with Gasteiger partial charge in [-0.25, -0.2) is 17.2 Å². The molecule has 0 saturated carbocycles. The molecule has 10 heteroatoms. The van der Waals surface area contributed by atoms with E-state index in [1.807, 2.05) is 18.2 Å². The fourth-order valence-corrected chi connectivity index (χ4v) is 6.43. The summed E-state index contributed by atoms with van der Waals surface area (Å²) in [6, 6.07) is 10.3. The molecule has 2 unspecified atom stereocenters. The van der Waals surface area contributed by atoms with Crippen molar-refractivity contribution in [1.29, 1.82) is 0 Å². The third-order valence-corrected chi connectivity index (χ3v) is 8.04. The van der Waals surface area contributed by atoms with Gasteiger partial charge in [0.15, 0.2) is 9.84 Å². The second-order valence-electron chi connectivity index (χ2n) is 9.82. The predicted molar refractivity (Wildman–Crippen MR) is 142 cm³/mol. The number of rotatable bonds is 4. The van der Waals surface area contributed by atoms with Gasteiger partial charge in [0.1, 0.15) is 11.6 Å². The lowest BCUT2D eigenvalue weighted by molar-refractivity contribution is 0.527. The number of anilines is 1. The molecular formula is C28H24F2N4O3S. The highest BCUT2D eigenvalue weighted by atomic mass is 32.2. The number of halogens is 2. The molecule has 0 saturated heterocycles. The summed E-state index contributed by atoms with van der Waals surface area (Å²) in [6.45, 7) is 0.389. The molecule has 3 aliphatic rings. The van der Waals surface area contributed by atoms with Crippen molar-refractivity contribution in [2.75, 3.05) is 23.5 Å². The Hall–Kier alpha value is -4.05. The summed E-state index contributed by atoms with van der Waals surface area (Å²) >= 11 is 0. The van der Waals surface area contributed by atoms with Crippen LogP contribution >= 0.6 is 0 Å². The van der Waals surface area contributed by atoms with E-state index in [0.29, 0.717) is 34.5 Å². The fraction of sp³-hybridized carbons (Fsp3) is 0.214. The molecule has 0 radical (unpaired) electrons. The van der Waals surface area contributed by atoms with Crippen LogP contribution in [-0.4, -0.2) is 42.6 Å². The molecule has 2 atom stereocenters. The minimum atomic E-state index is -3.46. The molecule has 194 valence electrons. The van der Waals surface area contributed by atoms with E-state index in [9.17, 15) is 17.6 Å². The third-order valence-electron chi connectivity index (χ3n) is 7.20. The molecule has 1 N–H and O–H groups in total. The van der Waals surface area contributed by atoms with Crippen molar-refractivity contribution in [1.82, 2.24) is 14.9 Å². The molecule has 1 aromatic carbocycles. The zero-order chi connectivity index (χ0) is 26.8. The van der Waals surface area contributed by atoms with E-state index in [-0.39, 0.29) is 22.9 Å². The Morgan fingerprint density at radius 3 is 2.68 bits per heavy atom. The Labute approximate surface area is 218 Å². The van der Waals surface area contributed by atoms with E-state index >= 15 is 4.39 Å². The minimum Gasteiger partial charge on any atom is -0.383 e. The predicted octanol–water partition coefficient (Wildman–Crippen LogP) is 3.37. The van der Waals surface area contributed by atoms with E-state index in [2.05, 4.69) is 10.3 Å². The molecule has 1 aliphatic carbocycles. The molecule has 0 bridgehead atoms. The number of hydrogen-bond acceptors (Lipinski definition) is 6. The average Bonchev–Trinajstić information content (AvgIpc) is 3.17. The van der Waals surface area contributed by atoms with Crippen LogP contribution in [0.4, 0.5) is 14.5 Å². The van der Waals surface area contributed by atoms with E-state index in [1.165, 1.54) is 16.7 Å². The van der Waals surface area contributed by atoms with Crippen LogP contribution in [-0.2, 0) is 16.9 Å². The van der Waals surface area contributed by atoms with Crippen molar-refractivity contribution in [3.8, 4) is 0 Å². The van der Waals surface area contributed by atoms with Gasteiger partial charge in [-0.15, -0.1) is 0 Å². The second kappa shape index (κ2) is 8.76. The average molecular weight is 535 g/mol. The Bertz CT molecular complexity index is 1740. The number of nitrogens with zero attached hydrogens (tertiary/aromatic N) is 3. The summed E-state index contributed by atoms with van der Waals surface area (Å²) in [5.74, 6) is -1.94. The monoisotopic (exact) mass is 534 g/mol. The molecule has 38 heavy (non-hydrogen) atoms. The first-order chi connectivity index (χ1) is 18.1. The molecule has 2 aromatic heterocycles. The summed E-state index contributed by atoms with van der Waals surface area (Å²) in [7, 11) is -1.82. The summed E-state index contributed by atoms with van der Waals surface area (Å²) in [5.41, 5.74) is 4.01. The molecule has 7 nitrogen and oxygen atoms in total. The van der Waals surface area contributed by atoms with Crippen LogP contribution in [0.1, 0.15) is 22.7 Å². The Kier molecular flexibility index (Phi) is 5.60. The maximum Gasteiger partial charge on any atom is 0.260 e. The number of benzene rings is 1. The SMILES string of the molecule is Cn1ccc2c(c1=O)C1=C3C(=CN(c4ccc(F)cc4F)C3C(c3ccccn3)CN1)C=C2CS(C)(=O)=O. The van der Waals surface area contributed by atoms with E-state index in [1.54, 1.807) is 42.7 Å². The number of fused-ring (bicyclic) bond motifs is 2. The quantitative estimate of drug-likeness (QED) is 0.553. The largest absolute Gasteiger partial charge is 0.383 e. The first-order valence-electron chi connectivity index (χ1n) is 12.1. The Balaban J connectivity index is 1.65. The zero-order valence-corrected chi connectivity index (χ0v) is 21.5. The highest BCUT2D eigenvalue weighted by Crippen LogP contribution is 2.48. The van der Waals surface area contributed by atoms with Crippen LogP contribution in [0.2, 0.25) is 0 Å². The minimum absolute atomic E-state index is 0.172. The van der Waals surface area contributed by atoms with Crippen LogP contribution in [0.3, 0.4) is 0 Å². The molecule has 0 fully saturated rings. The van der Waals surface area contributed by atoms with Crippen molar-refractivity contribution in [2.45, 2.75) is 12.0 Å². The molecule has 0 amide bonds. The summed E-state index contributed by atoms with van der Waals surface area (Å²) in [4.78, 5) is 19.8. The van der Waals surface area contributed by atoms with Crippen molar-refractivity contribution >= 4 is 26.8 Å².